The van der Waals surface area contributed by atoms with E-state index in [0.717, 1.165) is 11.4 Å². The van der Waals surface area contributed by atoms with Gasteiger partial charge in [-0.25, -0.2) is 9.97 Å². The van der Waals surface area contributed by atoms with E-state index in [1.54, 1.807) is 6.07 Å². The van der Waals surface area contributed by atoms with Crippen LogP contribution in [0.1, 0.15) is 87.6 Å². The largest absolute Gasteiger partial charge is 0.346 e. The SMILES string of the molecule is Cc1cc(C(=O)NC(C)(C)C)nc(Nc2c(C(C)C)cccc2C(C)C)n1. The minimum Gasteiger partial charge on any atom is -0.346 e. The molecule has 146 valence electrons. The summed E-state index contributed by atoms with van der Waals surface area (Å²) in [5.41, 5.74) is 4.26. The van der Waals surface area contributed by atoms with Crippen LogP contribution in [0.15, 0.2) is 24.3 Å². The van der Waals surface area contributed by atoms with Crippen molar-refractivity contribution < 1.29 is 4.79 Å². The Labute approximate surface area is 163 Å². The zero-order chi connectivity index (χ0) is 20.4. The van der Waals surface area contributed by atoms with Gasteiger partial charge in [0, 0.05) is 16.9 Å². The molecule has 2 rings (SSSR count). The molecule has 0 fully saturated rings. The summed E-state index contributed by atoms with van der Waals surface area (Å²) < 4.78 is 0. The highest BCUT2D eigenvalue weighted by Gasteiger charge is 2.19. The maximum Gasteiger partial charge on any atom is 0.270 e. The van der Waals surface area contributed by atoms with Crippen LogP contribution in [0.25, 0.3) is 0 Å². The van der Waals surface area contributed by atoms with Gasteiger partial charge in [0.25, 0.3) is 5.91 Å². The number of carbonyl (C=O) groups is 1. The summed E-state index contributed by atoms with van der Waals surface area (Å²) in [7, 11) is 0. The molecule has 1 aromatic carbocycles. The van der Waals surface area contributed by atoms with Gasteiger partial charge in [-0.2, -0.15) is 0 Å². The number of amides is 1. The minimum atomic E-state index is -0.321. The summed E-state index contributed by atoms with van der Waals surface area (Å²) in [6, 6.07) is 8.06. The lowest BCUT2D eigenvalue weighted by atomic mass is 9.93. The first-order valence-electron chi connectivity index (χ1n) is 9.56. The maximum absolute atomic E-state index is 12.5. The van der Waals surface area contributed by atoms with Crippen molar-refractivity contribution in [3.8, 4) is 0 Å². The molecule has 2 aromatic rings. The van der Waals surface area contributed by atoms with Gasteiger partial charge in [-0.3, -0.25) is 4.79 Å². The molecule has 0 bridgehead atoms. The number of aromatic nitrogens is 2. The molecule has 0 aliphatic heterocycles. The third-order valence-electron chi connectivity index (χ3n) is 4.19. The summed E-state index contributed by atoms with van der Waals surface area (Å²) >= 11 is 0. The van der Waals surface area contributed by atoms with Crippen molar-refractivity contribution >= 4 is 17.5 Å². The van der Waals surface area contributed by atoms with Crippen molar-refractivity contribution in [3.05, 3.63) is 46.8 Å². The normalized spacial score (nSPS) is 11.8. The number of anilines is 2. The third kappa shape index (κ3) is 5.52. The van der Waals surface area contributed by atoms with E-state index in [-0.39, 0.29) is 11.4 Å². The van der Waals surface area contributed by atoms with Gasteiger partial charge in [-0.05, 0) is 56.7 Å². The number of carbonyl (C=O) groups excluding carboxylic acids is 1. The average Bonchev–Trinajstić information content (AvgIpc) is 2.52. The molecule has 0 radical (unpaired) electrons. The molecule has 1 amide bonds. The van der Waals surface area contributed by atoms with Crippen LogP contribution in [-0.4, -0.2) is 21.4 Å². The summed E-state index contributed by atoms with van der Waals surface area (Å²) in [5, 5.41) is 6.36. The molecule has 1 heterocycles. The number of benzene rings is 1. The molecule has 0 atom stereocenters. The molecule has 0 spiro atoms. The van der Waals surface area contributed by atoms with E-state index in [9.17, 15) is 4.79 Å². The Morgan fingerprint density at radius 1 is 1.00 bits per heavy atom. The van der Waals surface area contributed by atoms with E-state index in [1.165, 1.54) is 11.1 Å². The molecule has 0 saturated heterocycles. The molecule has 0 aliphatic rings. The molecule has 27 heavy (non-hydrogen) atoms. The molecule has 1 aromatic heterocycles. The van der Waals surface area contributed by atoms with Crippen molar-refractivity contribution in [1.82, 2.24) is 15.3 Å². The van der Waals surface area contributed by atoms with E-state index in [0.29, 0.717) is 23.5 Å². The molecule has 0 unspecified atom stereocenters. The molecular formula is C22H32N4O. The first kappa shape index (κ1) is 20.9. The van der Waals surface area contributed by atoms with Crippen LogP contribution in [0.2, 0.25) is 0 Å². The second-order valence-electron chi connectivity index (χ2n) is 8.67. The highest BCUT2D eigenvalue weighted by molar-refractivity contribution is 5.93. The number of hydrogen-bond acceptors (Lipinski definition) is 4. The number of nitrogens with zero attached hydrogens (tertiary/aromatic N) is 2. The highest BCUT2D eigenvalue weighted by Crippen LogP contribution is 2.33. The van der Waals surface area contributed by atoms with E-state index in [4.69, 9.17) is 0 Å². The molecule has 5 heteroatoms. The average molecular weight is 369 g/mol. The van der Waals surface area contributed by atoms with Gasteiger partial charge in [0.15, 0.2) is 0 Å². The summed E-state index contributed by atoms with van der Waals surface area (Å²) in [5.74, 6) is 0.973. The first-order valence-corrected chi connectivity index (χ1v) is 9.56. The van der Waals surface area contributed by atoms with E-state index >= 15 is 0 Å². The lowest BCUT2D eigenvalue weighted by Gasteiger charge is -2.21. The fourth-order valence-corrected chi connectivity index (χ4v) is 2.95. The van der Waals surface area contributed by atoms with Crippen LogP contribution in [0, 0.1) is 6.92 Å². The Hall–Kier alpha value is -2.43. The van der Waals surface area contributed by atoms with Crippen molar-refractivity contribution in [2.24, 2.45) is 0 Å². The Morgan fingerprint density at radius 2 is 1.56 bits per heavy atom. The van der Waals surface area contributed by atoms with Crippen LogP contribution in [0.4, 0.5) is 11.6 Å². The number of para-hydroxylation sites is 1. The Morgan fingerprint density at radius 3 is 2.04 bits per heavy atom. The molecule has 5 nitrogen and oxygen atoms in total. The number of aryl methyl sites for hydroxylation is 1. The zero-order valence-corrected chi connectivity index (χ0v) is 17.8. The summed E-state index contributed by atoms with van der Waals surface area (Å²) in [6.45, 7) is 16.4. The van der Waals surface area contributed by atoms with Gasteiger partial charge >= 0.3 is 0 Å². The lowest BCUT2D eigenvalue weighted by molar-refractivity contribution is 0.0914. The summed E-state index contributed by atoms with van der Waals surface area (Å²) in [4.78, 5) is 21.5. The first-order chi connectivity index (χ1) is 12.5. The van der Waals surface area contributed by atoms with Crippen LogP contribution in [0.3, 0.4) is 0 Å². The summed E-state index contributed by atoms with van der Waals surface area (Å²) in [6.07, 6.45) is 0. The lowest BCUT2D eigenvalue weighted by Crippen LogP contribution is -2.41. The second kappa shape index (κ2) is 8.07. The van der Waals surface area contributed by atoms with Crippen molar-refractivity contribution in [2.75, 3.05) is 5.32 Å². The van der Waals surface area contributed by atoms with Gasteiger partial charge in [0.05, 0.1) is 0 Å². The standard InChI is InChI=1S/C22H32N4O/c1-13(2)16-10-9-11-17(14(3)4)19(16)25-21-23-15(5)12-18(24-21)20(27)26-22(6,7)8/h9-14H,1-8H3,(H,26,27)(H,23,24,25). The number of rotatable bonds is 5. The van der Waals surface area contributed by atoms with Gasteiger partial charge in [0.1, 0.15) is 5.69 Å². The Bertz CT molecular complexity index is 793. The van der Waals surface area contributed by atoms with E-state index < -0.39 is 0 Å². The smallest absolute Gasteiger partial charge is 0.270 e. The van der Waals surface area contributed by atoms with Crippen molar-refractivity contribution in [2.45, 2.75) is 72.8 Å². The van der Waals surface area contributed by atoms with Gasteiger partial charge in [0.2, 0.25) is 5.95 Å². The molecular weight excluding hydrogens is 336 g/mol. The van der Waals surface area contributed by atoms with Crippen LogP contribution >= 0.6 is 0 Å². The van der Waals surface area contributed by atoms with Gasteiger partial charge < -0.3 is 10.6 Å². The quantitative estimate of drug-likeness (QED) is 0.751. The van der Waals surface area contributed by atoms with Crippen LogP contribution in [0.5, 0.6) is 0 Å². The predicted octanol–water partition coefficient (Wildman–Crippen LogP) is 5.30. The van der Waals surface area contributed by atoms with Gasteiger partial charge in [-0.1, -0.05) is 45.9 Å². The zero-order valence-electron chi connectivity index (χ0n) is 17.8. The van der Waals surface area contributed by atoms with E-state index in [2.05, 4.69) is 66.5 Å². The van der Waals surface area contributed by atoms with Crippen LogP contribution in [-0.2, 0) is 0 Å². The van der Waals surface area contributed by atoms with Crippen molar-refractivity contribution in [3.63, 3.8) is 0 Å². The number of hydrogen-bond donors (Lipinski definition) is 2. The molecule has 0 saturated carbocycles. The van der Waals surface area contributed by atoms with Crippen molar-refractivity contribution in [1.29, 1.82) is 0 Å². The monoisotopic (exact) mass is 368 g/mol. The maximum atomic E-state index is 12.5. The van der Waals surface area contributed by atoms with Gasteiger partial charge in [-0.15, -0.1) is 0 Å². The fraction of sp³-hybridized carbons (Fsp3) is 0.500. The van der Waals surface area contributed by atoms with E-state index in [1.807, 2.05) is 27.7 Å². The second-order valence-corrected chi connectivity index (χ2v) is 8.67. The fourth-order valence-electron chi connectivity index (χ4n) is 2.95. The Kier molecular flexibility index (Phi) is 6.24. The topological polar surface area (TPSA) is 66.9 Å². The number of nitrogens with one attached hydrogen (secondary N) is 2. The van der Waals surface area contributed by atoms with Crippen LogP contribution < -0.4 is 10.6 Å². The highest BCUT2D eigenvalue weighted by atomic mass is 16.2. The predicted molar refractivity (Wildman–Crippen MR) is 112 cm³/mol. The Balaban J connectivity index is 2.45. The third-order valence-corrected chi connectivity index (χ3v) is 4.19. The minimum absolute atomic E-state index is 0.197. The molecule has 0 aliphatic carbocycles. The molecule has 2 N–H and O–H groups in total.